The summed E-state index contributed by atoms with van der Waals surface area (Å²) in [4.78, 5) is 0. The molecule has 2 heterocycles. The molecule has 0 radical (unpaired) electrons. The zero-order chi connectivity index (χ0) is 26.7. The summed E-state index contributed by atoms with van der Waals surface area (Å²) in [6.07, 6.45) is 2.07. The standard InChI is InChI=1S/C33H35GeN2O/c1-21-12-17-24-25-19-27(34(5,6)7)26(20-35)30(22-13-15-23(16-14-22)33(2,3)4)32(25)37-31(24)29(21)28-11-9-10-18-36(28)8/h9-19H,1-8H3/q+1. The van der Waals surface area contributed by atoms with E-state index in [1.165, 1.54) is 15.5 Å². The Morgan fingerprint density at radius 3 is 2.14 bits per heavy atom. The molecule has 0 spiro atoms. The van der Waals surface area contributed by atoms with E-state index in [0.29, 0.717) is 0 Å². The summed E-state index contributed by atoms with van der Waals surface area (Å²) in [7, 11) is 2.07. The van der Waals surface area contributed by atoms with E-state index in [0.717, 1.165) is 49.9 Å². The molecule has 0 fully saturated rings. The van der Waals surface area contributed by atoms with Gasteiger partial charge in [0.15, 0.2) is 0 Å². The first-order valence-electron chi connectivity index (χ1n) is 12.9. The number of nitriles is 1. The fourth-order valence-corrected chi connectivity index (χ4v) is 8.46. The van der Waals surface area contributed by atoms with Gasteiger partial charge in [0.05, 0.1) is 0 Å². The number of rotatable bonds is 3. The van der Waals surface area contributed by atoms with E-state index in [-0.39, 0.29) is 5.41 Å². The number of nitrogens with zero attached hydrogens (tertiary/aromatic N) is 2. The SMILES string of the molecule is Cc1ccc2c(oc3c(-c4ccc(C(C)(C)C)cc4)c(C#N)[c]([Ge]([CH3])([CH3])[CH3])cc32)c1-c1cccc[n+]1C. The number of aryl methyl sites for hydroxylation is 2. The van der Waals surface area contributed by atoms with Gasteiger partial charge in [-0.15, -0.1) is 0 Å². The molecule has 4 heteroatoms. The molecule has 0 atom stereocenters. The Balaban J connectivity index is 1.94. The summed E-state index contributed by atoms with van der Waals surface area (Å²) >= 11 is -2.42. The van der Waals surface area contributed by atoms with Crippen molar-refractivity contribution in [2.45, 2.75) is 50.4 Å². The van der Waals surface area contributed by atoms with E-state index in [9.17, 15) is 5.26 Å². The second kappa shape index (κ2) is 8.89. The second-order valence-electron chi connectivity index (χ2n) is 12.2. The molecular weight excluding hydrogens is 513 g/mol. The van der Waals surface area contributed by atoms with Crippen LogP contribution in [-0.4, -0.2) is 13.3 Å². The molecular formula is C33H35GeN2O+. The summed E-state index contributed by atoms with van der Waals surface area (Å²) in [6, 6.07) is 24.2. The topological polar surface area (TPSA) is 40.8 Å². The third-order valence-corrected chi connectivity index (χ3v) is 11.6. The predicted molar refractivity (Wildman–Crippen MR) is 157 cm³/mol. The van der Waals surface area contributed by atoms with Crippen molar-refractivity contribution in [1.82, 2.24) is 0 Å². The maximum absolute atomic E-state index is 10.5. The first-order valence-corrected chi connectivity index (χ1v) is 20.3. The summed E-state index contributed by atoms with van der Waals surface area (Å²) in [6.45, 7) is 8.81. The van der Waals surface area contributed by atoms with Gasteiger partial charge in [0.25, 0.3) is 0 Å². The van der Waals surface area contributed by atoms with Gasteiger partial charge in [-0.25, -0.2) is 0 Å². The van der Waals surface area contributed by atoms with Crippen LogP contribution in [-0.2, 0) is 12.5 Å². The molecule has 5 rings (SSSR count). The molecule has 0 bridgehead atoms. The molecule has 5 aromatic rings. The van der Waals surface area contributed by atoms with E-state index >= 15 is 0 Å². The Kier molecular flexibility index (Phi) is 6.08. The predicted octanol–water partition coefficient (Wildman–Crippen LogP) is 7.77. The van der Waals surface area contributed by atoms with Crippen LogP contribution in [0.3, 0.4) is 0 Å². The normalized spacial score (nSPS) is 12.3. The van der Waals surface area contributed by atoms with Gasteiger partial charge < -0.3 is 0 Å². The third kappa shape index (κ3) is 4.28. The Bertz CT molecular complexity index is 1710. The summed E-state index contributed by atoms with van der Waals surface area (Å²) in [5.74, 6) is 7.07. The molecule has 3 nitrogen and oxygen atoms in total. The van der Waals surface area contributed by atoms with E-state index in [1.807, 2.05) is 6.07 Å². The molecule has 0 saturated carbocycles. The van der Waals surface area contributed by atoms with E-state index < -0.39 is 13.3 Å². The first kappa shape index (κ1) is 25.3. The number of fused-ring (bicyclic) bond motifs is 3. The van der Waals surface area contributed by atoms with Crippen molar-refractivity contribution < 1.29 is 8.98 Å². The molecule has 0 amide bonds. The number of aromatic nitrogens is 1. The second-order valence-corrected chi connectivity index (χ2v) is 22.7. The van der Waals surface area contributed by atoms with E-state index in [2.05, 4.69) is 123 Å². The van der Waals surface area contributed by atoms with Crippen LogP contribution >= 0.6 is 0 Å². The average molecular weight is 548 g/mol. The van der Waals surface area contributed by atoms with Gasteiger partial charge in [-0.2, -0.15) is 0 Å². The molecule has 37 heavy (non-hydrogen) atoms. The summed E-state index contributed by atoms with van der Waals surface area (Å²) in [5, 5.41) is 12.7. The molecule has 0 aliphatic rings. The number of furan rings is 1. The Hall–Kier alpha value is -3.36. The fourth-order valence-electron chi connectivity index (χ4n) is 5.29. The molecule has 0 aliphatic heterocycles. The number of hydrogen-bond acceptors (Lipinski definition) is 2. The van der Waals surface area contributed by atoms with Crippen LogP contribution in [0, 0.1) is 18.3 Å². The molecule has 0 N–H and O–H groups in total. The monoisotopic (exact) mass is 549 g/mol. The molecule has 0 saturated heterocycles. The van der Waals surface area contributed by atoms with Gasteiger partial charge in [-0.1, -0.05) is 0 Å². The Labute approximate surface area is 222 Å². The van der Waals surface area contributed by atoms with Gasteiger partial charge in [0.2, 0.25) is 0 Å². The maximum atomic E-state index is 10.5. The number of pyridine rings is 1. The van der Waals surface area contributed by atoms with Crippen molar-refractivity contribution in [1.29, 1.82) is 5.26 Å². The van der Waals surface area contributed by atoms with Gasteiger partial charge in [-0.3, -0.25) is 0 Å². The Morgan fingerprint density at radius 1 is 0.865 bits per heavy atom. The van der Waals surface area contributed by atoms with Gasteiger partial charge in [0, 0.05) is 0 Å². The van der Waals surface area contributed by atoms with Crippen molar-refractivity contribution in [3.8, 4) is 28.5 Å². The molecule has 186 valence electrons. The third-order valence-electron chi connectivity index (χ3n) is 7.41. The van der Waals surface area contributed by atoms with Crippen LogP contribution in [0.15, 0.2) is 71.3 Å². The quantitative estimate of drug-likeness (QED) is 0.171. The molecule has 3 aromatic carbocycles. The van der Waals surface area contributed by atoms with Gasteiger partial charge in [-0.05, 0) is 0 Å². The van der Waals surface area contributed by atoms with Crippen molar-refractivity contribution >= 4 is 39.6 Å². The zero-order valence-electron chi connectivity index (χ0n) is 23.2. The van der Waals surface area contributed by atoms with Crippen LogP contribution < -0.4 is 8.96 Å². The molecule has 0 unspecified atom stereocenters. The summed E-state index contributed by atoms with van der Waals surface area (Å²) < 4.78 is 10.2. The van der Waals surface area contributed by atoms with E-state index in [1.54, 1.807) is 0 Å². The van der Waals surface area contributed by atoms with Crippen LogP contribution in [0.4, 0.5) is 0 Å². The van der Waals surface area contributed by atoms with Crippen LogP contribution in [0.5, 0.6) is 0 Å². The van der Waals surface area contributed by atoms with Crippen molar-refractivity contribution in [3.05, 3.63) is 83.6 Å². The van der Waals surface area contributed by atoms with Crippen LogP contribution in [0.25, 0.3) is 44.3 Å². The first-order chi connectivity index (χ1) is 17.4. The van der Waals surface area contributed by atoms with Crippen LogP contribution in [0.2, 0.25) is 17.3 Å². The fraction of sp³-hybridized carbons (Fsp3) is 0.273. The van der Waals surface area contributed by atoms with Gasteiger partial charge >= 0.3 is 223 Å². The van der Waals surface area contributed by atoms with Crippen molar-refractivity contribution in [2.75, 3.05) is 0 Å². The summed E-state index contributed by atoms with van der Waals surface area (Å²) in [5.41, 5.74) is 9.12. The van der Waals surface area contributed by atoms with E-state index in [4.69, 9.17) is 4.42 Å². The average Bonchev–Trinajstić information content (AvgIpc) is 3.20. The molecule has 2 aromatic heterocycles. The molecule has 0 aliphatic carbocycles. The van der Waals surface area contributed by atoms with Crippen LogP contribution in [0.1, 0.15) is 37.5 Å². The minimum atomic E-state index is -2.42. The Morgan fingerprint density at radius 2 is 1.54 bits per heavy atom. The number of benzene rings is 3. The van der Waals surface area contributed by atoms with Gasteiger partial charge in [0.1, 0.15) is 0 Å². The number of hydrogen-bond donors (Lipinski definition) is 0. The van der Waals surface area contributed by atoms with Crippen molar-refractivity contribution in [2.24, 2.45) is 7.05 Å². The minimum absolute atomic E-state index is 0.0610. The zero-order valence-corrected chi connectivity index (χ0v) is 25.3. The van der Waals surface area contributed by atoms with Crippen molar-refractivity contribution in [3.63, 3.8) is 0 Å².